The Labute approximate surface area is 79.0 Å². The third-order valence-electron chi connectivity index (χ3n) is 1.94. The highest BCUT2D eigenvalue weighted by Gasteiger charge is 2.03. The Hall–Kier alpha value is -0.990. The van der Waals surface area contributed by atoms with Crippen LogP contribution in [0.3, 0.4) is 0 Å². The summed E-state index contributed by atoms with van der Waals surface area (Å²) in [4.78, 5) is 11.6. The van der Waals surface area contributed by atoms with Crippen LogP contribution >= 0.6 is 0 Å². The molecule has 0 saturated carbocycles. The second-order valence-electron chi connectivity index (χ2n) is 3.82. The predicted molar refractivity (Wildman–Crippen MR) is 53.8 cm³/mol. The first kappa shape index (κ1) is 10.1. The Balaban J connectivity index is 2.80. The minimum Gasteiger partial charge on any atom is -0.299 e. The van der Waals surface area contributed by atoms with Crippen LogP contribution in [-0.4, -0.2) is 9.13 Å². The van der Waals surface area contributed by atoms with Crippen LogP contribution in [0.25, 0.3) is 0 Å². The van der Waals surface area contributed by atoms with Crippen LogP contribution in [0.4, 0.5) is 0 Å². The fourth-order valence-electron chi connectivity index (χ4n) is 1.40. The molecule has 0 bridgehead atoms. The van der Waals surface area contributed by atoms with Gasteiger partial charge in [-0.05, 0) is 12.3 Å². The quantitative estimate of drug-likeness (QED) is 0.696. The lowest BCUT2D eigenvalue weighted by Crippen LogP contribution is -2.25. The lowest BCUT2D eigenvalue weighted by atomic mass is 10.2. The number of nitrogens with zero attached hydrogens (tertiary/aromatic N) is 2. The highest BCUT2D eigenvalue weighted by Crippen LogP contribution is 1.96. The number of aromatic nitrogens is 2. The van der Waals surface area contributed by atoms with Gasteiger partial charge in [-0.15, -0.1) is 0 Å². The highest BCUT2D eigenvalue weighted by atomic mass is 16.1. The molecule has 0 saturated heterocycles. The summed E-state index contributed by atoms with van der Waals surface area (Å²) in [6.45, 7) is 7.94. The van der Waals surface area contributed by atoms with Gasteiger partial charge in [-0.25, -0.2) is 4.79 Å². The van der Waals surface area contributed by atoms with Crippen molar-refractivity contribution in [1.82, 2.24) is 9.13 Å². The summed E-state index contributed by atoms with van der Waals surface area (Å²) in [6, 6.07) is 0. The van der Waals surface area contributed by atoms with E-state index in [1.807, 2.05) is 12.4 Å². The molecule has 0 aliphatic rings. The number of rotatable bonds is 4. The highest BCUT2D eigenvalue weighted by molar-refractivity contribution is 4.81. The first-order valence-electron chi connectivity index (χ1n) is 4.90. The summed E-state index contributed by atoms with van der Waals surface area (Å²) in [5, 5.41) is 0. The van der Waals surface area contributed by atoms with Crippen LogP contribution < -0.4 is 5.69 Å². The van der Waals surface area contributed by atoms with Gasteiger partial charge in [0.05, 0.1) is 0 Å². The molecule has 1 aromatic rings. The van der Waals surface area contributed by atoms with Gasteiger partial charge in [-0.2, -0.15) is 0 Å². The molecule has 0 unspecified atom stereocenters. The van der Waals surface area contributed by atoms with E-state index < -0.39 is 0 Å². The van der Waals surface area contributed by atoms with Crippen molar-refractivity contribution in [3.05, 3.63) is 22.9 Å². The Morgan fingerprint density at radius 2 is 1.92 bits per heavy atom. The molecule has 0 aliphatic heterocycles. The molecule has 1 aromatic heterocycles. The van der Waals surface area contributed by atoms with Gasteiger partial charge in [0.2, 0.25) is 0 Å². The standard InChI is InChI=1S/C10H18N2O/c1-4-5-11-6-7-12(10(11)13)8-9(2)3/h6-7,9H,4-5,8H2,1-3H3. The van der Waals surface area contributed by atoms with Gasteiger partial charge in [0.15, 0.2) is 0 Å². The van der Waals surface area contributed by atoms with Crippen molar-refractivity contribution < 1.29 is 0 Å². The summed E-state index contributed by atoms with van der Waals surface area (Å²) in [5.74, 6) is 0.523. The average Bonchev–Trinajstić information content (AvgIpc) is 2.36. The molecular weight excluding hydrogens is 164 g/mol. The van der Waals surface area contributed by atoms with E-state index in [0.29, 0.717) is 5.92 Å². The topological polar surface area (TPSA) is 26.9 Å². The van der Waals surface area contributed by atoms with E-state index in [0.717, 1.165) is 19.5 Å². The van der Waals surface area contributed by atoms with E-state index in [1.54, 1.807) is 9.13 Å². The van der Waals surface area contributed by atoms with Gasteiger partial charge in [-0.1, -0.05) is 20.8 Å². The average molecular weight is 182 g/mol. The molecule has 3 nitrogen and oxygen atoms in total. The third kappa shape index (κ3) is 2.47. The molecule has 74 valence electrons. The van der Waals surface area contributed by atoms with Gasteiger partial charge in [0.25, 0.3) is 0 Å². The van der Waals surface area contributed by atoms with E-state index >= 15 is 0 Å². The zero-order chi connectivity index (χ0) is 9.84. The first-order chi connectivity index (χ1) is 6.15. The van der Waals surface area contributed by atoms with Crippen molar-refractivity contribution in [2.24, 2.45) is 5.92 Å². The molecule has 0 aliphatic carbocycles. The zero-order valence-corrected chi connectivity index (χ0v) is 8.66. The molecule has 1 rings (SSSR count). The summed E-state index contributed by atoms with van der Waals surface area (Å²) < 4.78 is 3.54. The monoisotopic (exact) mass is 182 g/mol. The van der Waals surface area contributed by atoms with Crippen LogP contribution in [-0.2, 0) is 13.1 Å². The van der Waals surface area contributed by atoms with E-state index in [4.69, 9.17) is 0 Å². The van der Waals surface area contributed by atoms with Crippen LogP contribution in [0.2, 0.25) is 0 Å². The molecule has 0 spiro atoms. The summed E-state index contributed by atoms with van der Waals surface area (Å²) in [5.41, 5.74) is 0.121. The maximum absolute atomic E-state index is 11.6. The van der Waals surface area contributed by atoms with Crippen molar-refractivity contribution in [1.29, 1.82) is 0 Å². The van der Waals surface area contributed by atoms with Crippen molar-refractivity contribution in [3.8, 4) is 0 Å². The van der Waals surface area contributed by atoms with E-state index in [2.05, 4.69) is 20.8 Å². The molecule has 0 radical (unpaired) electrons. The molecular formula is C10H18N2O. The molecule has 0 amide bonds. The maximum atomic E-state index is 11.6. The second-order valence-corrected chi connectivity index (χ2v) is 3.82. The Kier molecular flexibility index (Phi) is 3.34. The number of imidazole rings is 1. The Bertz CT molecular complexity index is 309. The third-order valence-corrected chi connectivity index (χ3v) is 1.94. The minimum absolute atomic E-state index is 0.121. The molecule has 13 heavy (non-hydrogen) atoms. The Morgan fingerprint density at radius 3 is 2.46 bits per heavy atom. The summed E-state index contributed by atoms with van der Waals surface area (Å²) in [7, 11) is 0. The van der Waals surface area contributed by atoms with E-state index in [-0.39, 0.29) is 5.69 Å². The van der Waals surface area contributed by atoms with E-state index in [1.165, 1.54) is 0 Å². The zero-order valence-electron chi connectivity index (χ0n) is 8.66. The van der Waals surface area contributed by atoms with Crippen molar-refractivity contribution in [2.75, 3.05) is 0 Å². The molecule has 0 N–H and O–H groups in total. The van der Waals surface area contributed by atoms with Crippen LogP contribution in [0.1, 0.15) is 27.2 Å². The van der Waals surface area contributed by atoms with Gasteiger partial charge in [0, 0.05) is 25.5 Å². The van der Waals surface area contributed by atoms with Gasteiger partial charge < -0.3 is 0 Å². The van der Waals surface area contributed by atoms with Crippen molar-refractivity contribution in [2.45, 2.75) is 40.3 Å². The lowest BCUT2D eigenvalue weighted by Gasteiger charge is -2.03. The number of aryl methyl sites for hydroxylation is 1. The maximum Gasteiger partial charge on any atom is 0.328 e. The fraction of sp³-hybridized carbons (Fsp3) is 0.700. The van der Waals surface area contributed by atoms with Gasteiger partial charge >= 0.3 is 5.69 Å². The molecule has 3 heteroatoms. The van der Waals surface area contributed by atoms with Crippen LogP contribution in [0, 0.1) is 5.92 Å². The van der Waals surface area contributed by atoms with E-state index in [9.17, 15) is 4.79 Å². The van der Waals surface area contributed by atoms with Gasteiger partial charge in [0.1, 0.15) is 0 Å². The normalized spacial score (nSPS) is 11.1. The summed E-state index contributed by atoms with van der Waals surface area (Å²) >= 11 is 0. The molecule has 1 heterocycles. The largest absolute Gasteiger partial charge is 0.328 e. The van der Waals surface area contributed by atoms with Crippen molar-refractivity contribution in [3.63, 3.8) is 0 Å². The smallest absolute Gasteiger partial charge is 0.299 e. The number of hydrogen-bond acceptors (Lipinski definition) is 1. The minimum atomic E-state index is 0.121. The SMILES string of the molecule is CCCn1ccn(CC(C)C)c1=O. The van der Waals surface area contributed by atoms with Crippen LogP contribution in [0.5, 0.6) is 0 Å². The predicted octanol–water partition coefficient (Wildman–Crippen LogP) is 1.72. The fourth-order valence-corrected chi connectivity index (χ4v) is 1.40. The van der Waals surface area contributed by atoms with Crippen molar-refractivity contribution >= 4 is 0 Å². The Morgan fingerprint density at radius 1 is 1.31 bits per heavy atom. The number of hydrogen-bond donors (Lipinski definition) is 0. The van der Waals surface area contributed by atoms with Gasteiger partial charge in [-0.3, -0.25) is 9.13 Å². The second kappa shape index (κ2) is 4.30. The first-order valence-corrected chi connectivity index (χ1v) is 4.90. The lowest BCUT2D eigenvalue weighted by molar-refractivity contribution is 0.499. The summed E-state index contributed by atoms with van der Waals surface area (Å²) in [6.07, 6.45) is 4.75. The molecule has 0 atom stereocenters. The molecule has 0 aromatic carbocycles. The van der Waals surface area contributed by atoms with Crippen LogP contribution in [0.15, 0.2) is 17.2 Å². The molecule has 0 fully saturated rings.